The molecule has 0 saturated heterocycles. The Morgan fingerprint density at radius 2 is 1.34 bits per heavy atom. The van der Waals surface area contributed by atoms with Crippen molar-refractivity contribution in [1.82, 2.24) is 0 Å². The fourth-order valence-corrected chi connectivity index (χ4v) is 3.64. The molecule has 0 amide bonds. The summed E-state index contributed by atoms with van der Waals surface area (Å²) in [4.78, 5) is 26.0. The lowest BCUT2D eigenvalue weighted by Gasteiger charge is -2.16. The predicted octanol–water partition coefficient (Wildman–Crippen LogP) is 6.04. The first-order chi connectivity index (χ1) is 14.0. The third kappa shape index (κ3) is 3.52. The van der Waals surface area contributed by atoms with Gasteiger partial charge in [0.05, 0.1) is 5.56 Å². The van der Waals surface area contributed by atoms with E-state index >= 15 is 0 Å². The molecule has 144 valence electrons. The summed E-state index contributed by atoms with van der Waals surface area (Å²) in [6.45, 7) is 5.59. The predicted molar refractivity (Wildman–Crippen MR) is 117 cm³/mol. The lowest BCUT2D eigenvalue weighted by molar-refractivity contribution is 0.0322. The molecular weight excluding hydrogens is 360 g/mol. The Balaban J connectivity index is 1.71. The highest BCUT2D eigenvalue weighted by Gasteiger charge is 2.23. The number of carbonyl (C=O) groups excluding carboxylic acids is 2. The highest BCUT2D eigenvalue weighted by atomic mass is 16.5. The zero-order chi connectivity index (χ0) is 20.5. The van der Waals surface area contributed by atoms with E-state index in [-0.39, 0.29) is 5.78 Å². The number of fused-ring (bicyclic) bond motifs is 2. The van der Waals surface area contributed by atoms with Crippen LogP contribution in [0.3, 0.4) is 0 Å². The van der Waals surface area contributed by atoms with E-state index in [9.17, 15) is 9.59 Å². The fourth-order valence-electron chi connectivity index (χ4n) is 3.64. The van der Waals surface area contributed by atoms with E-state index in [1.807, 2.05) is 74.5 Å². The van der Waals surface area contributed by atoms with Crippen LogP contribution in [0.4, 0.5) is 0 Å². The molecule has 1 atom stereocenters. The first-order valence-electron chi connectivity index (χ1n) is 9.68. The number of rotatable bonds is 4. The third-order valence-corrected chi connectivity index (χ3v) is 5.42. The molecule has 0 fully saturated rings. The maximum Gasteiger partial charge on any atom is 0.340 e. The molecule has 0 spiro atoms. The summed E-state index contributed by atoms with van der Waals surface area (Å²) in [5, 5.41) is 3.57. The number of ketones is 1. The molecule has 3 heteroatoms. The molecule has 0 aliphatic rings. The van der Waals surface area contributed by atoms with E-state index in [1.54, 1.807) is 13.0 Å². The van der Waals surface area contributed by atoms with Gasteiger partial charge in [-0.15, -0.1) is 0 Å². The van der Waals surface area contributed by atoms with Crippen LogP contribution < -0.4 is 0 Å². The summed E-state index contributed by atoms with van der Waals surface area (Å²) >= 11 is 0. The summed E-state index contributed by atoms with van der Waals surface area (Å²) in [5.41, 5.74) is 3.21. The van der Waals surface area contributed by atoms with Crippen LogP contribution in [0.15, 0.2) is 72.8 Å². The van der Waals surface area contributed by atoms with E-state index in [4.69, 9.17) is 4.74 Å². The Bertz CT molecular complexity index is 1200. The molecule has 29 heavy (non-hydrogen) atoms. The molecule has 0 radical (unpaired) electrons. The molecule has 0 bridgehead atoms. The van der Waals surface area contributed by atoms with Gasteiger partial charge >= 0.3 is 5.97 Å². The molecule has 0 heterocycles. The Labute approximate surface area is 169 Å². The topological polar surface area (TPSA) is 43.4 Å². The average molecular weight is 382 g/mol. The normalized spacial score (nSPS) is 12.1. The molecular formula is C26H22O3. The quantitative estimate of drug-likeness (QED) is 0.246. The lowest BCUT2D eigenvalue weighted by Crippen LogP contribution is -2.24. The maximum absolute atomic E-state index is 13.2. The number of hydrogen-bond donors (Lipinski definition) is 0. The first kappa shape index (κ1) is 18.9. The fraction of sp³-hybridized carbons (Fsp3) is 0.154. The van der Waals surface area contributed by atoms with Gasteiger partial charge in [0.1, 0.15) is 0 Å². The molecule has 0 unspecified atom stereocenters. The smallest absolute Gasteiger partial charge is 0.340 e. The number of hydrogen-bond acceptors (Lipinski definition) is 3. The van der Waals surface area contributed by atoms with Gasteiger partial charge in [0.15, 0.2) is 6.10 Å². The van der Waals surface area contributed by atoms with Gasteiger partial charge in [-0.25, -0.2) is 4.79 Å². The SMILES string of the molecule is Cc1ccc(C(=O)[C@@H](C)OC(=O)c2c3ccccc3cc3ccccc23)cc1C. The van der Waals surface area contributed by atoms with Crippen molar-refractivity contribution in [2.75, 3.05) is 0 Å². The maximum atomic E-state index is 13.2. The highest BCUT2D eigenvalue weighted by molar-refractivity contribution is 6.17. The minimum Gasteiger partial charge on any atom is -0.451 e. The van der Waals surface area contributed by atoms with E-state index in [0.29, 0.717) is 11.1 Å². The van der Waals surface area contributed by atoms with Crippen LogP contribution in [-0.2, 0) is 4.74 Å². The molecule has 3 nitrogen and oxygen atoms in total. The Hall–Kier alpha value is -3.46. The second-order valence-electron chi connectivity index (χ2n) is 7.40. The van der Waals surface area contributed by atoms with Crippen molar-refractivity contribution < 1.29 is 14.3 Å². The minimum absolute atomic E-state index is 0.203. The largest absolute Gasteiger partial charge is 0.451 e. The molecule has 0 aliphatic heterocycles. The van der Waals surface area contributed by atoms with Crippen molar-refractivity contribution in [2.24, 2.45) is 0 Å². The van der Waals surface area contributed by atoms with Gasteiger partial charge < -0.3 is 4.74 Å². The molecule has 0 N–H and O–H groups in total. The number of esters is 1. The molecule has 0 aromatic heterocycles. The van der Waals surface area contributed by atoms with Crippen molar-refractivity contribution in [1.29, 1.82) is 0 Å². The van der Waals surface area contributed by atoms with Gasteiger partial charge in [-0.05, 0) is 65.6 Å². The summed E-state index contributed by atoms with van der Waals surface area (Å²) in [7, 11) is 0. The summed E-state index contributed by atoms with van der Waals surface area (Å²) in [6, 6.07) is 23.1. The molecule has 0 aliphatic carbocycles. The van der Waals surface area contributed by atoms with Crippen LogP contribution in [0.25, 0.3) is 21.5 Å². The van der Waals surface area contributed by atoms with E-state index in [1.165, 1.54) is 0 Å². The lowest BCUT2D eigenvalue weighted by atomic mass is 9.96. The minimum atomic E-state index is -0.873. The zero-order valence-electron chi connectivity index (χ0n) is 16.7. The Morgan fingerprint density at radius 3 is 1.93 bits per heavy atom. The Morgan fingerprint density at radius 1 is 0.759 bits per heavy atom. The van der Waals surface area contributed by atoms with Crippen LogP contribution >= 0.6 is 0 Å². The van der Waals surface area contributed by atoms with Crippen molar-refractivity contribution in [3.63, 3.8) is 0 Å². The van der Waals surface area contributed by atoms with Crippen LogP contribution in [0.5, 0.6) is 0 Å². The van der Waals surface area contributed by atoms with Gasteiger partial charge in [-0.3, -0.25) is 4.79 Å². The van der Waals surface area contributed by atoms with E-state index in [2.05, 4.69) is 6.07 Å². The number of ether oxygens (including phenoxy) is 1. The number of benzene rings is 4. The second-order valence-corrected chi connectivity index (χ2v) is 7.40. The average Bonchev–Trinajstić information content (AvgIpc) is 2.73. The van der Waals surface area contributed by atoms with Crippen molar-refractivity contribution >= 4 is 33.3 Å². The molecule has 0 saturated carbocycles. The van der Waals surface area contributed by atoms with Crippen LogP contribution in [0, 0.1) is 13.8 Å². The monoisotopic (exact) mass is 382 g/mol. The molecule has 4 rings (SSSR count). The summed E-state index contributed by atoms with van der Waals surface area (Å²) in [5.74, 6) is -0.686. The number of carbonyl (C=O) groups is 2. The second kappa shape index (κ2) is 7.51. The summed E-state index contributed by atoms with van der Waals surface area (Å²) in [6.07, 6.45) is -0.873. The first-order valence-corrected chi connectivity index (χ1v) is 9.68. The van der Waals surface area contributed by atoms with Crippen molar-refractivity contribution in [3.05, 3.63) is 95.1 Å². The van der Waals surface area contributed by atoms with Crippen molar-refractivity contribution in [3.8, 4) is 0 Å². The summed E-state index contributed by atoms with van der Waals surface area (Å²) < 4.78 is 5.65. The van der Waals surface area contributed by atoms with Gasteiger partial charge in [0.2, 0.25) is 5.78 Å². The van der Waals surface area contributed by atoms with Gasteiger partial charge in [-0.1, -0.05) is 60.7 Å². The van der Waals surface area contributed by atoms with Crippen LogP contribution in [0.1, 0.15) is 38.8 Å². The standard InChI is InChI=1S/C26H22O3/c1-16-12-13-21(14-17(16)2)25(27)18(3)29-26(28)24-22-10-6-4-8-19(22)15-20-9-5-7-11-23(20)24/h4-15,18H,1-3H3/t18-/m1/s1. The number of Topliss-reactive ketones (excluding diaryl/α,β-unsaturated/α-hetero) is 1. The van der Waals surface area contributed by atoms with Crippen molar-refractivity contribution in [2.45, 2.75) is 26.9 Å². The third-order valence-electron chi connectivity index (χ3n) is 5.42. The molecule has 4 aromatic carbocycles. The number of aryl methyl sites for hydroxylation is 2. The highest BCUT2D eigenvalue weighted by Crippen LogP contribution is 2.29. The Kier molecular flexibility index (Phi) is 4.89. The molecule has 4 aromatic rings. The van der Waals surface area contributed by atoms with E-state index in [0.717, 1.165) is 32.7 Å². The van der Waals surface area contributed by atoms with Gasteiger partial charge in [0, 0.05) is 5.56 Å². The van der Waals surface area contributed by atoms with E-state index < -0.39 is 12.1 Å². The zero-order valence-corrected chi connectivity index (χ0v) is 16.7. The van der Waals surface area contributed by atoms with Gasteiger partial charge in [-0.2, -0.15) is 0 Å². The van der Waals surface area contributed by atoms with Gasteiger partial charge in [0.25, 0.3) is 0 Å². The van der Waals surface area contributed by atoms with Crippen LogP contribution in [-0.4, -0.2) is 17.9 Å². The van der Waals surface area contributed by atoms with Crippen LogP contribution in [0.2, 0.25) is 0 Å².